The normalized spacial score (nSPS) is 22.3. The predicted molar refractivity (Wildman–Crippen MR) is 76.0 cm³/mol. The Labute approximate surface area is 113 Å². The van der Waals surface area contributed by atoms with Crippen LogP contribution in [0.3, 0.4) is 0 Å². The second kappa shape index (κ2) is 5.41. The molecule has 2 unspecified atom stereocenters. The Balaban J connectivity index is 1.97. The summed E-state index contributed by atoms with van der Waals surface area (Å²) in [7, 11) is 1.89. The number of likely N-dealkylation sites (tertiary alicyclic amines) is 1. The molecule has 18 heavy (non-hydrogen) atoms. The lowest BCUT2D eigenvalue weighted by molar-refractivity contribution is -0.132. The molecule has 100 valence electrons. The van der Waals surface area contributed by atoms with Crippen molar-refractivity contribution in [3.8, 4) is 0 Å². The van der Waals surface area contributed by atoms with Crippen LogP contribution in [0.15, 0.2) is 6.07 Å². The first-order valence-electron chi connectivity index (χ1n) is 6.54. The summed E-state index contributed by atoms with van der Waals surface area (Å²) >= 11 is 1.86. The zero-order valence-electron chi connectivity index (χ0n) is 11.6. The number of amides is 1. The second-order valence-electron chi connectivity index (χ2n) is 5.27. The molecule has 0 bridgehead atoms. The summed E-state index contributed by atoms with van der Waals surface area (Å²) in [4.78, 5) is 16.0. The number of aryl methyl sites for hydroxylation is 2. The monoisotopic (exact) mass is 266 g/mol. The van der Waals surface area contributed by atoms with E-state index in [2.05, 4.69) is 32.2 Å². The van der Waals surface area contributed by atoms with Crippen molar-refractivity contribution >= 4 is 17.2 Å². The second-order valence-corrected chi connectivity index (χ2v) is 6.73. The average molecular weight is 266 g/mol. The molecule has 0 radical (unpaired) electrons. The molecule has 1 amide bonds. The topological polar surface area (TPSA) is 32.3 Å². The minimum absolute atomic E-state index is 0.267. The van der Waals surface area contributed by atoms with Gasteiger partial charge >= 0.3 is 0 Å². The maximum atomic E-state index is 11.5. The standard InChI is InChI=1S/C14H22N2OS/c1-9-7-13(11(3)18-9)10(2)15-12-5-6-14(17)16(4)8-12/h7,10,12,15H,5-6,8H2,1-4H3. The highest BCUT2D eigenvalue weighted by Gasteiger charge is 2.24. The van der Waals surface area contributed by atoms with E-state index in [4.69, 9.17) is 0 Å². The maximum absolute atomic E-state index is 11.5. The van der Waals surface area contributed by atoms with Crippen LogP contribution in [0.4, 0.5) is 0 Å². The van der Waals surface area contributed by atoms with Crippen molar-refractivity contribution in [1.82, 2.24) is 10.2 Å². The number of carbonyl (C=O) groups excluding carboxylic acids is 1. The van der Waals surface area contributed by atoms with Crippen molar-refractivity contribution in [3.63, 3.8) is 0 Å². The van der Waals surface area contributed by atoms with Gasteiger partial charge in [-0.15, -0.1) is 11.3 Å². The van der Waals surface area contributed by atoms with E-state index in [-0.39, 0.29) is 5.91 Å². The SMILES string of the molecule is Cc1cc(C(C)NC2CCC(=O)N(C)C2)c(C)s1. The molecule has 1 aliphatic rings. The summed E-state index contributed by atoms with van der Waals surface area (Å²) < 4.78 is 0. The highest BCUT2D eigenvalue weighted by Crippen LogP contribution is 2.27. The van der Waals surface area contributed by atoms with E-state index in [1.54, 1.807) is 0 Å². The van der Waals surface area contributed by atoms with E-state index in [1.165, 1.54) is 15.3 Å². The van der Waals surface area contributed by atoms with Crippen molar-refractivity contribution < 1.29 is 4.79 Å². The largest absolute Gasteiger partial charge is 0.344 e. The van der Waals surface area contributed by atoms with Crippen LogP contribution in [0.2, 0.25) is 0 Å². The zero-order chi connectivity index (χ0) is 13.3. The van der Waals surface area contributed by atoms with Crippen molar-refractivity contribution in [2.24, 2.45) is 0 Å². The summed E-state index contributed by atoms with van der Waals surface area (Å²) in [5, 5.41) is 3.65. The van der Waals surface area contributed by atoms with Gasteiger partial charge in [0.05, 0.1) is 0 Å². The number of likely N-dealkylation sites (N-methyl/N-ethyl adjacent to an activating group) is 1. The van der Waals surface area contributed by atoms with Crippen molar-refractivity contribution in [2.45, 2.75) is 45.7 Å². The first-order chi connectivity index (χ1) is 8.47. The van der Waals surface area contributed by atoms with Crippen LogP contribution >= 0.6 is 11.3 Å². The van der Waals surface area contributed by atoms with Crippen molar-refractivity contribution in [1.29, 1.82) is 0 Å². The van der Waals surface area contributed by atoms with Gasteiger partial charge in [0.2, 0.25) is 5.91 Å². The Bertz CT molecular complexity index is 441. The third-order valence-corrected chi connectivity index (χ3v) is 4.64. The lowest BCUT2D eigenvalue weighted by atomic mass is 10.0. The van der Waals surface area contributed by atoms with E-state index < -0.39 is 0 Å². The Kier molecular flexibility index (Phi) is 4.07. The van der Waals surface area contributed by atoms with Gasteiger partial charge in [-0.1, -0.05) is 0 Å². The van der Waals surface area contributed by atoms with Gasteiger partial charge < -0.3 is 10.2 Å². The highest BCUT2D eigenvalue weighted by molar-refractivity contribution is 7.12. The van der Waals surface area contributed by atoms with Gasteiger partial charge in [0.1, 0.15) is 0 Å². The van der Waals surface area contributed by atoms with Crippen LogP contribution in [0.25, 0.3) is 0 Å². The van der Waals surface area contributed by atoms with E-state index in [9.17, 15) is 4.79 Å². The van der Waals surface area contributed by atoms with Crippen molar-refractivity contribution in [3.05, 3.63) is 21.4 Å². The number of rotatable bonds is 3. The Morgan fingerprint density at radius 3 is 2.78 bits per heavy atom. The number of nitrogens with one attached hydrogen (secondary N) is 1. The molecule has 1 aromatic heterocycles. The smallest absolute Gasteiger partial charge is 0.222 e. The van der Waals surface area contributed by atoms with Gasteiger partial charge in [-0.3, -0.25) is 4.79 Å². The summed E-state index contributed by atoms with van der Waals surface area (Å²) in [5.74, 6) is 0.267. The molecule has 3 nitrogen and oxygen atoms in total. The molecule has 4 heteroatoms. The number of thiophene rings is 1. The zero-order valence-corrected chi connectivity index (χ0v) is 12.4. The fraction of sp³-hybridized carbons (Fsp3) is 0.643. The molecule has 2 heterocycles. The van der Waals surface area contributed by atoms with Crippen LogP contribution in [0, 0.1) is 13.8 Å². The maximum Gasteiger partial charge on any atom is 0.222 e. The van der Waals surface area contributed by atoms with Gasteiger partial charge in [0.15, 0.2) is 0 Å². The van der Waals surface area contributed by atoms with Gasteiger partial charge in [0, 0.05) is 41.9 Å². The molecule has 1 aliphatic heterocycles. The van der Waals surface area contributed by atoms with E-state index in [0.29, 0.717) is 18.5 Å². The van der Waals surface area contributed by atoms with Gasteiger partial charge in [0.25, 0.3) is 0 Å². The molecule has 1 fully saturated rings. The quantitative estimate of drug-likeness (QED) is 0.912. The molecule has 1 saturated heterocycles. The number of hydrogen-bond donors (Lipinski definition) is 1. The predicted octanol–water partition coefficient (Wildman–Crippen LogP) is 2.64. The highest BCUT2D eigenvalue weighted by atomic mass is 32.1. The van der Waals surface area contributed by atoms with Gasteiger partial charge in [-0.25, -0.2) is 0 Å². The summed E-state index contributed by atoms with van der Waals surface area (Å²) in [6.45, 7) is 7.37. The molecule has 2 rings (SSSR count). The molecular formula is C14H22N2OS. The van der Waals surface area contributed by atoms with Crippen LogP contribution < -0.4 is 5.32 Å². The minimum Gasteiger partial charge on any atom is -0.344 e. The fourth-order valence-electron chi connectivity index (χ4n) is 2.67. The van der Waals surface area contributed by atoms with Crippen LogP contribution in [0.5, 0.6) is 0 Å². The van der Waals surface area contributed by atoms with Crippen LogP contribution in [0.1, 0.15) is 41.1 Å². The first-order valence-corrected chi connectivity index (χ1v) is 7.36. The molecule has 2 atom stereocenters. The molecule has 1 N–H and O–H groups in total. The average Bonchev–Trinajstić information content (AvgIpc) is 2.63. The minimum atomic E-state index is 0.267. The van der Waals surface area contributed by atoms with E-state index in [0.717, 1.165) is 13.0 Å². The number of piperidine rings is 1. The van der Waals surface area contributed by atoms with Crippen molar-refractivity contribution in [2.75, 3.05) is 13.6 Å². The number of carbonyl (C=O) groups is 1. The molecule has 0 aliphatic carbocycles. The van der Waals surface area contributed by atoms with Gasteiger partial charge in [-0.05, 0) is 38.8 Å². The fourth-order valence-corrected chi connectivity index (χ4v) is 3.69. The van der Waals surface area contributed by atoms with E-state index >= 15 is 0 Å². The summed E-state index contributed by atoms with van der Waals surface area (Å²) in [5.41, 5.74) is 1.40. The third-order valence-electron chi connectivity index (χ3n) is 3.66. The van der Waals surface area contributed by atoms with Crippen LogP contribution in [-0.2, 0) is 4.79 Å². The lowest BCUT2D eigenvalue weighted by Crippen LogP contribution is -2.47. The molecule has 0 aromatic carbocycles. The number of nitrogens with zero attached hydrogens (tertiary/aromatic N) is 1. The van der Waals surface area contributed by atoms with Gasteiger partial charge in [-0.2, -0.15) is 0 Å². The summed E-state index contributed by atoms with van der Waals surface area (Å²) in [6.07, 6.45) is 1.62. The number of hydrogen-bond acceptors (Lipinski definition) is 3. The third kappa shape index (κ3) is 2.93. The molecular weight excluding hydrogens is 244 g/mol. The molecule has 1 aromatic rings. The summed E-state index contributed by atoms with van der Waals surface area (Å²) in [6, 6.07) is 3.05. The molecule has 0 spiro atoms. The Morgan fingerprint density at radius 1 is 1.50 bits per heavy atom. The Hall–Kier alpha value is -0.870. The Morgan fingerprint density at radius 2 is 2.22 bits per heavy atom. The molecule has 0 saturated carbocycles. The van der Waals surface area contributed by atoms with Crippen LogP contribution in [-0.4, -0.2) is 30.4 Å². The van der Waals surface area contributed by atoms with E-state index in [1.807, 2.05) is 23.3 Å². The lowest BCUT2D eigenvalue weighted by Gasteiger charge is -2.32. The first kappa shape index (κ1) is 13.6.